The van der Waals surface area contributed by atoms with Gasteiger partial charge < -0.3 is 28.9 Å². The van der Waals surface area contributed by atoms with E-state index in [1.54, 1.807) is 29.4 Å². The standard InChI is InChI=1S/C27H24ClF2N7O5S2.C23H21ClF2N6O4S2.C4H4ClNO/c1-41-27(38)20-23(34-25(26-32-7-11-43-26)35-24(20)17-2-3-18(29)22(30)21(17)28)15-4-8-37(9-5-15)44(39,40)16-12-33-36(13-16)14-19-31-6-10-42-19;1-36-23(33)16-19(12-4-7-32(8-5-12)38(34,35)13-10-28-29-11-13)30-21(22-27-6-9-37-22)31-20(16)14-2-3-15(25)18(26)17(14)24;5-3-4-6-1-2-7-4/h2-3,6-7,10-13,15,24H,4-5,8-9,14H2,1H3,(H,34,35);2-3,6,9-12,20H,4-5,7-8H2,1H3,(H,28,29)(H,30,31);1-2H,3H2. The molecule has 2 unspecified atom stereocenters. The van der Waals surface area contributed by atoms with E-state index >= 15 is 0 Å². The van der Waals surface area contributed by atoms with E-state index in [1.807, 2.05) is 0 Å². The van der Waals surface area contributed by atoms with E-state index in [1.165, 1.54) is 106 Å². The molecule has 3 N–H and O–H groups in total. The average molecular weight is 1360 g/mol. The van der Waals surface area contributed by atoms with Crippen molar-refractivity contribution in [1.29, 1.82) is 0 Å². The summed E-state index contributed by atoms with van der Waals surface area (Å²) in [5.41, 5.74) is 1.17. The number of benzene rings is 2. The van der Waals surface area contributed by atoms with Crippen molar-refractivity contribution in [3.63, 3.8) is 0 Å². The summed E-state index contributed by atoms with van der Waals surface area (Å²) in [6, 6.07) is 2.13. The van der Waals surface area contributed by atoms with Gasteiger partial charge in [0.25, 0.3) is 0 Å². The molecule has 12 rings (SSSR count). The molecular weight excluding hydrogens is 1320 g/mol. The predicted molar refractivity (Wildman–Crippen MR) is 315 cm³/mol. The third-order valence-electron chi connectivity index (χ3n) is 14.4. The van der Waals surface area contributed by atoms with E-state index in [0.717, 1.165) is 12.1 Å². The molecular formula is C54H49Cl3F4N14O10S4. The van der Waals surface area contributed by atoms with Crippen molar-refractivity contribution in [3.8, 4) is 0 Å². The quantitative estimate of drug-likeness (QED) is 0.0374. The highest BCUT2D eigenvalue weighted by molar-refractivity contribution is 7.89. The van der Waals surface area contributed by atoms with Crippen LogP contribution >= 0.6 is 57.5 Å². The van der Waals surface area contributed by atoms with Gasteiger partial charge in [-0.05, 0) is 37.8 Å². The van der Waals surface area contributed by atoms with E-state index in [-0.39, 0.29) is 76.6 Å². The molecule has 6 aromatic heterocycles. The molecule has 2 atom stereocenters. The van der Waals surface area contributed by atoms with Gasteiger partial charge in [-0.3, -0.25) is 19.8 Å². The molecule has 10 heterocycles. The molecule has 468 valence electrons. The number of nitrogens with zero attached hydrogens (tertiary/aromatic N) is 11. The van der Waals surface area contributed by atoms with Crippen LogP contribution in [0.25, 0.3) is 0 Å². The number of esters is 2. The number of allylic oxidation sites excluding steroid dienone is 2. The number of aliphatic imine (C=N–C) groups is 2. The summed E-state index contributed by atoms with van der Waals surface area (Å²) in [7, 11) is -5.21. The van der Waals surface area contributed by atoms with Crippen molar-refractivity contribution < 1.29 is 62.3 Å². The number of amidine groups is 2. The SMILES string of the molecule is COC(=O)C1=C(C2CCN(S(=O)(=O)c3cn[nH]c3)CC2)NC(c2nccs2)=NC1c1ccc(F)c(F)c1Cl.COC(=O)C1=C(C2CCN(S(=O)(=O)c3cnn(Cc4ncco4)c3)CC2)NC(c2nccs2)=NC1c1ccc(F)c(F)c1Cl.ClCc1ncco1. The summed E-state index contributed by atoms with van der Waals surface area (Å²) in [5, 5.41) is 20.3. The molecule has 4 aliphatic rings. The number of H-pyrrole nitrogens is 1. The van der Waals surface area contributed by atoms with E-state index in [2.05, 4.69) is 55.9 Å². The average Bonchev–Trinajstić information content (AvgIpc) is 1.71. The second-order valence-corrected chi connectivity index (χ2v) is 26.2. The molecule has 89 heavy (non-hydrogen) atoms. The minimum Gasteiger partial charge on any atom is -0.466 e. The Hall–Kier alpha value is -7.69. The van der Waals surface area contributed by atoms with Gasteiger partial charge in [0, 0.05) is 96.1 Å². The highest BCUT2D eigenvalue weighted by Crippen LogP contribution is 2.43. The summed E-state index contributed by atoms with van der Waals surface area (Å²) >= 11 is 20.3. The Balaban J connectivity index is 0.000000178. The number of piperidine rings is 2. The Bertz CT molecular complexity index is 4180. The first-order valence-electron chi connectivity index (χ1n) is 26.6. The molecule has 0 amide bonds. The first-order chi connectivity index (χ1) is 42.8. The molecule has 24 nitrogen and oxygen atoms in total. The predicted octanol–water partition coefficient (Wildman–Crippen LogP) is 8.76. The number of hydrogen-bond donors (Lipinski definition) is 3. The number of methoxy groups -OCH3 is 2. The van der Waals surface area contributed by atoms with E-state index < -0.39 is 77.4 Å². The van der Waals surface area contributed by atoms with Gasteiger partial charge in [0.05, 0.1) is 66.1 Å². The maximum absolute atomic E-state index is 14.6. The lowest BCUT2D eigenvalue weighted by atomic mass is 9.86. The number of nitrogens with one attached hydrogen (secondary N) is 3. The van der Waals surface area contributed by atoms with Gasteiger partial charge in [-0.1, -0.05) is 35.3 Å². The molecule has 0 bridgehead atoms. The van der Waals surface area contributed by atoms with Crippen molar-refractivity contribution in [1.82, 2.24) is 59.2 Å². The Morgan fingerprint density at radius 3 is 1.53 bits per heavy atom. The number of halogens is 7. The summed E-state index contributed by atoms with van der Waals surface area (Å²) in [6.07, 6.45) is 15.8. The highest BCUT2D eigenvalue weighted by atomic mass is 35.5. The monoisotopic (exact) mass is 1360 g/mol. The van der Waals surface area contributed by atoms with Crippen LogP contribution in [0.2, 0.25) is 10.0 Å². The van der Waals surface area contributed by atoms with Gasteiger partial charge in [0.1, 0.15) is 40.9 Å². The van der Waals surface area contributed by atoms with Gasteiger partial charge in [-0.15, -0.1) is 34.3 Å². The van der Waals surface area contributed by atoms with Crippen LogP contribution in [0.15, 0.2) is 148 Å². The van der Waals surface area contributed by atoms with Crippen LogP contribution in [-0.2, 0) is 51.5 Å². The maximum atomic E-state index is 14.6. The lowest BCUT2D eigenvalue weighted by molar-refractivity contribution is -0.137. The largest absolute Gasteiger partial charge is 0.466 e. The van der Waals surface area contributed by atoms with Crippen LogP contribution in [0.5, 0.6) is 0 Å². The number of carbonyl (C=O) groups excluding carboxylic acids is 2. The van der Waals surface area contributed by atoms with Crippen LogP contribution in [0.3, 0.4) is 0 Å². The van der Waals surface area contributed by atoms with Crippen molar-refractivity contribution in [2.45, 2.75) is 60.0 Å². The van der Waals surface area contributed by atoms with Crippen LogP contribution in [0.1, 0.15) is 70.7 Å². The second kappa shape index (κ2) is 28.0. The van der Waals surface area contributed by atoms with Crippen molar-refractivity contribution in [2.24, 2.45) is 21.8 Å². The minimum absolute atomic E-state index is 0.0268. The molecule has 0 aliphatic carbocycles. The van der Waals surface area contributed by atoms with Gasteiger partial charge in [-0.25, -0.2) is 63.9 Å². The number of aromatic nitrogens is 8. The van der Waals surface area contributed by atoms with Crippen LogP contribution in [0, 0.1) is 35.1 Å². The van der Waals surface area contributed by atoms with Gasteiger partial charge in [-0.2, -0.15) is 18.8 Å². The van der Waals surface area contributed by atoms with Crippen molar-refractivity contribution in [3.05, 3.63) is 186 Å². The molecule has 0 radical (unpaired) electrons. The fourth-order valence-electron chi connectivity index (χ4n) is 10.1. The van der Waals surface area contributed by atoms with E-state index in [0.29, 0.717) is 76.4 Å². The smallest absolute Gasteiger partial charge is 0.338 e. The molecule has 0 saturated carbocycles. The number of aromatic amines is 1. The maximum Gasteiger partial charge on any atom is 0.338 e. The van der Waals surface area contributed by atoms with Crippen molar-refractivity contribution in [2.75, 3.05) is 40.4 Å². The van der Waals surface area contributed by atoms with Crippen LogP contribution < -0.4 is 10.6 Å². The Morgan fingerprint density at radius 2 is 1.13 bits per heavy atom. The molecule has 2 aromatic carbocycles. The first-order valence-corrected chi connectivity index (χ1v) is 32.5. The lowest BCUT2D eigenvalue weighted by Gasteiger charge is -2.36. The van der Waals surface area contributed by atoms with Gasteiger partial charge >= 0.3 is 11.9 Å². The number of thiazole rings is 2. The number of hydrogen-bond acceptors (Lipinski definition) is 22. The summed E-state index contributed by atoms with van der Waals surface area (Å²) < 4.78 is 134. The normalized spacial score (nSPS) is 18.0. The van der Waals surface area contributed by atoms with Gasteiger partial charge in [0.15, 0.2) is 45.0 Å². The molecule has 2 saturated heterocycles. The fourth-order valence-corrected chi connectivity index (χ4v) is 14.7. The Morgan fingerprint density at radius 1 is 0.663 bits per heavy atom. The fraction of sp³-hybridized carbons (Fsp3) is 0.296. The van der Waals surface area contributed by atoms with Crippen molar-refractivity contribution >= 4 is 101 Å². The molecule has 8 aromatic rings. The lowest BCUT2D eigenvalue weighted by Crippen LogP contribution is -2.43. The Kier molecular flexibility index (Phi) is 20.2. The number of alkyl halides is 1. The third kappa shape index (κ3) is 13.9. The molecule has 0 spiro atoms. The number of oxazole rings is 2. The molecule has 4 aliphatic heterocycles. The zero-order valence-electron chi connectivity index (χ0n) is 46.4. The number of carbonyl (C=O) groups is 2. The summed E-state index contributed by atoms with van der Waals surface area (Å²) in [6.45, 7) is 0.804. The van der Waals surface area contributed by atoms with Gasteiger partial charge in [0.2, 0.25) is 31.8 Å². The Labute approximate surface area is 527 Å². The zero-order valence-corrected chi connectivity index (χ0v) is 51.9. The number of ether oxygens (including phenoxy) is 2. The van der Waals surface area contributed by atoms with E-state index in [9.17, 15) is 44.0 Å². The zero-order chi connectivity index (χ0) is 63.1. The first kappa shape index (κ1) is 64.3. The topological polar surface area (TPSA) is 300 Å². The van der Waals surface area contributed by atoms with Crippen LogP contribution in [0.4, 0.5) is 17.6 Å². The summed E-state index contributed by atoms with van der Waals surface area (Å²) in [4.78, 5) is 52.1. The molecule has 35 heteroatoms. The minimum atomic E-state index is -3.88. The van der Waals surface area contributed by atoms with E-state index in [4.69, 9.17) is 53.1 Å². The molecule has 2 fully saturated rings. The number of rotatable bonds is 15. The summed E-state index contributed by atoms with van der Waals surface area (Å²) in [5.74, 6) is -4.97. The highest BCUT2D eigenvalue weighted by Gasteiger charge is 2.42. The number of sulfonamides is 2. The second-order valence-electron chi connectivity index (χ2n) is 19.5. The third-order valence-corrected chi connectivity index (χ3v) is 20.7. The van der Waals surface area contributed by atoms with Crippen LogP contribution in [-0.4, -0.2) is 129 Å².